The van der Waals surface area contributed by atoms with Crippen LogP contribution in [-0.2, 0) is 12.6 Å². The Morgan fingerprint density at radius 1 is 0.875 bits per heavy atom. The Kier molecular flexibility index (Phi) is 5.60. The Morgan fingerprint density at radius 3 is 2.34 bits per heavy atom. The highest BCUT2D eigenvalue weighted by Gasteiger charge is 2.30. The molecule has 4 rings (SSSR count). The topological polar surface area (TPSA) is 78.6 Å². The van der Waals surface area contributed by atoms with Crippen molar-refractivity contribution in [2.75, 3.05) is 0 Å². The second kappa shape index (κ2) is 8.37. The van der Waals surface area contributed by atoms with Gasteiger partial charge in [0.05, 0.1) is 22.6 Å². The molecule has 0 N–H and O–H groups in total. The molecule has 0 amide bonds. The van der Waals surface area contributed by atoms with Crippen molar-refractivity contribution in [2.45, 2.75) is 33.4 Å². The highest BCUT2D eigenvalue weighted by molar-refractivity contribution is 5.33. The molecule has 164 valence electrons. The molecular formula is C22H19F3N6O. The summed E-state index contributed by atoms with van der Waals surface area (Å²) in [5.41, 5.74) is 2.53. The predicted octanol–water partition coefficient (Wildman–Crippen LogP) is 4.78. The van der Waals surface area contributed by atoms with Crippen molar-refractivity contribution in [3.63, 3.8) is 0 Å². The monoisotopic (exact) mass is 440 g/mol. The number of hydrogen-bond acceptors (Lipinski definition) is 6. The molecule has 0 fully saturated rings. The quantitative estimate of drug-likeness (QED) is 0.445. The molecule has 0 spiro atoms. The van der Waals surface area contributed by atoms with E-state index in [0.717, 1.165) is 29.2 Å². The summed E-state index contributed by atoms with van der Waals surface area (Å²) in [5.74, 6) is 0.663. The lowest BCUT2D eigenvalue weighted by Gasteiger charge is -2.11. The zero-order valence-electron chi connectivity index (χ0n) is 17.6. The van der Waals surface area contributed by atoms with E-state index in [0.29, 0.717) is 11.3 Å². The fraction of sp³-hybridized carbons (Fsp3) is 0.227. The van der Waals surface area contributed by atoms with Gasteiger partial charge in [-0.15, -0.1) is 5.10 Å². The van der Waals surface area contributed by atoms with Crippen molar-refractivity contribution >= 4 is 0 Å². The molecular weight excluding hydrogens is 421 g/mol. The second-order valence-corrected chi connectivity index (χ2v) is 7.33. The Morgan fingerprint density at radius 2 is 1.69 bits per heavy atom. The molecule has 0 saturated heterocycles. The normalized spacial score (nSPS) is 11.6. The molecule has 0 aliphatic carbocycles. The third-order valence-corrected chi connectivity index (χ3v) is 4.57. The molecule has 1 aromatic carbocycles. The maximum Gasteiger partial charge on any atom is 0.416 e. The molecule has 4 aromatic rings. The molecule has 0 aliphatic heterocycles. The molecule has 0 aliphatic rings. The van der Waals surface area contributed by atoms with E-state index >= 15 is 0 Å². The van der Waals surface area contributed by atoms with Gasteiger partial charge in [0, 0.05) is 24.2 Å². The van der Waals surface area contributed by atoms with Crippen molar-refractivity contribution < 1.29 is 17.9 Å². The average Bonchev–Trinajstić information content (AvgIpc) is 3.07. The molecule has 0 atom stereocenters. The summed E-state index contributed by atoms with van der Waals surface area (Å²) in [5, 5.41) is 12.3. The van der Waals surface area contributed by atoms with Crippen LogP contribution in [0.15, 0.2) is 48.5 Å². The third kappa shape index (κ3) is 4.90. The number of ether oxygens (including phenoxy) is 1. The largest absolute Gasteiger partial charge is 0.419 e. The van der Waals surface area contributed by atoms with Gasteiger partial charge in [0.15, 0.2) is 0 Å². The van der Waals surface area contributed by atoms with E-state index in [1.165, 1.54) is 6.07 Å². The predicted molar refractivity (Wildman–Crippen MR) is 110 cm³/mol. The lowest BCUT2D eigenvalue weighted by Crippen LogP contribution is -2.09. The van der Waals surface area contributed by atoms with Gasteiger partial charge in [-0.2, -0.15) is 28.4 Å². The van der Waals surface area contributed by atoms with Crippen LogP contribution in [0, 0.1) is 20.8 Å². The Hall–Kier alpha value is -3.82. The van der Waals surface area contributed by atoms with Gasteiger partial charge in [0.1, 0.15) is 0 Å². The first-order chi connectivity index (χ1) is 15.2. The first-order valence-electron chi connectivity index (χ1n) is 9.73. The first kappa shape index (κ1) is 21.4. The molecule has 0 unspecified atom stereocenters. The number of halogens is 3. The first-order valence-corrected chi connectivity index (χ1v) is 9.73. The Labute approximate surface area is 181 Å². The van der Waals surface area contributed by atoms with E-state index < -0.39 is 11.7 Å². The van der Waals surface area contributed by atoms with Crippen molar-refractivity contribution in [3.8, 4) is 17.7 Å². The highest BCUT2D eigenvalue weighted by atomic mass is 19.4. The minimum Gasteiger partial charge on any atom is -0.419 e. The molecule has 32 heavy (non-hydrogen) atoms. The van der Waals surface area contributed by atoms with Crippen LogP contribution in [-0.4, -0.2) is 29.9 Å². The third-order valence-electron chi connectivity index (χ3n) is 4.57. The fourth-order valence-corrected chi connectivity index (χ4v) is 3.14. The molecule has 0 saturated carbocycles. The van der Waals surface area contributed by atoms with Crippen LogP contribution in [0.2, 0.25) is 0 Å². The van der Waals surface area contributed by atoms with E-state index in [4.69, 9.17) is 4.74 Å². The Bertz CT molecular complexity index is 1250. The number of nitrogens with zero attached hydrogens (tertiary/aromatic N) is 6. The van der Waals surface area contributed by atoms with E-state index in [-0.39, 0.29) is 24.1 Å². The minimum atomic E-state index is -4.42. The van der Waals surface area contributed by atoms with Crippen LogP contribution in [0.5, 0.6) is 11.8 Å². The number of alkyl halides is 3. The van der Waals surface area contributed by atoms with Crippen LogP contribution >= 0.6 is 0 Å². The van der Waals surface area contributed by atoms with Crippen LogP contribution in [0.1, 0.15) is 33.9 Å². The molecule has 0 radical (unpaired) electrons. The van der Waals surface area contributed by atoms with Gasteiger partial charge in [-0.05, 0) is 44.5 Å². The minimum absolute atomic E-state index is 0.147. The fourth-order valence-electron chi connectivity index (χ4n) is 3.14. The molecule has 3 aromatic heterocycles. The molecule has 3 heterocycles. The summed E-state index contributed by atoms with van der Waals surface area (Å²) in [6.07, 6.45) is -4.27. The van der Waals surface area contributed by atoms with Gasteiger partial charge in [0.25, 0.3) is 5.95 Å². The van der Waals surface area contributed by atoms with E-state index in [1.807, 2.05) is 19.9 Å². The van der Waals surface area contributed by atoms with Crippen LogP contribution < -0.4 is 4.74 Å². The average molecular weight is 440 g/mol. The summed E-state index contributed by atoms with van der Waals surface area (Å²) in [6.45, 7) is 5.50. The zero-order chi connectivity index (χ0) is 22.9. The standard InChI is InChI=1S/C22H19F3N6O/c1-13-7-8-19(29-28-13)32-20-12-18(11-16-5-4-6-17(10-16)22(23,24)25)26-21(27-20)31-15(3)9-14(2)30-31/h4-10,12H,11H2,1-3H3. The van der Waals surface area contributed by atoms with Gasteiger partial charge in [0.2, 0.25) is 11.8 Å². The molecule has 10 heteroatoms. The van der Waals surface area contributed by atoms with E-state index in [1.54, 1.807) is 35.9 Å². The summed E-state index contributed by atoms with van der Waals surface area (Å²) < 4.78 is 46.6. The molecule has 7 nitrogen and oxygen atoms in total. The smallest absolute Gasteiger partial charge is 0.416 e. The second-order valence-electron chi connectivity index (χ2n) is 7.33. The van der Waals surface area contributed by atoms with Gasteiger partial charge >= 0.3 is 6.18 Å². The van der Waals surface area contributed by atoms with E-state index in [9.17, 15) is 13.2 Å². The summed E-state index contributed by atoms with van der Waals surface area (Å²) >= 11 is 0. The van der Waals surface area contributed by atoms with Crippen molar-refractivity contribution in [2.24, 2.45) is 0 Å². The van der Waals surface area contributed by atoms with Crippen molar-refractivity contribution in [3.05, 3.63) is 82.4 Å². The summed E-state index contributed by atoms with van der Waals surface area (Å²) in [7, 11) is 0. The number of aryl methyl sites for hydroxylation is 3. The SMILES string of the molecule is Cc1ccc(Oc2cc(Cc3cccc(C(F)(F)F)c3)nc(-n3nc(C)cc3C)n2)nn1. The number of benzene rings is 1. The summed E-state index contributed by atoms with van der Waals surface area (Å²) in [4.78, 5) is 8.93. The van der Waals surface area contributed by atoms with Crippen molar-refractivity contribution in [1.29, 1.82) is 0 Å². The zero-order valence-corrected chi connectivity index (χ0v) is 17.6. The van der Waals surface area contributed by atoms with Gasteiger partial charge in [-0.25, -0.2) is 9.67 Å². The van der Waals surface area contributed by atoms with Crippen molar-refractivity contribution in [1.82, 2.24) is 29.9 Å². The lowest BCUT2D eigenvalue weighted by atomic mass is 10.1. The van der Waals surface area contributed by atoms with Crippen LogP contribution in [0.4, 0.5) is 13.2 Å². The van der Waals surface area contributed by atoms with Gasteiger partial charge < -0.3 is 4.74 Å². The van der Waals surface area contributed by atoms with E-state index in [2.05, 4.69) is 25.3 Å². The molecule has 0 bridgehead atoms. The number of rotatable bonds is 5. The number of hydrogen-bond donors (Lipinski definition) is 0. The van der Waals surface area contributed by atoms with Gasteiger partial charge in [-0.1, -0.05) is 18.2 Å². The highest BCUT2D eigenvalue weighted by Crippen LogP contribution is 2.30. The van der Waals surface area contributed by atoms with Gasteiger partial charge in [-0.3, -0.25) is 0 Å². The lowest BCUT2D eigenvalue weighted by molar-refractivity contribution is -0.137. The number of aromatic nitrogens is 6. The van der Waals surface area contributed by atoms with Crippen LogP contribution in [0.25, 0.3) is 5.95 Å². The maximum atomic E-state index is 13.1. The summed E-state index contributed by atoms with van der Waals surface area (Å²) in [6, 6.07) is 12.0. The van der Waals surface area contributed by atoms with Crippen LogP contribution in [0.3, 0.4) is 0 Å². The Balaban J connectivity index is 1.73. The maximum absolute atomic E-state index is 13.1.